The largest absolute Gasteiger partial charge is 0.370 e. The molecule has 1 aromatic carbocycles. The number of likely N-dealkylation sites (N-methyl/N-ethyl adjacent to an activating group) is 1. The first-order valence-electron chi connectivity index (χ1n) is 5.46. The van der Waals surface area contributed by atoms with Crippen LogP contribution in [0.5, 0.6) is 0 Å². The van der Waals surface area contributed by atoms with Gasteiger partial charge in [-0.15, -0.1) is 0 Å². The van der Waals surface area contributed by atoms with Crippen LogP contribution < -0.4 is 11.5 Å². The molecule has 0 aliphatic rings. The average molecular weight is 256 g/mol. The molecule has 0 heterocycles. The molecule has 0 fully saturated rings. The van der Waals surface area contributed by atoms with Gasteiger partial charge < -0.3 is 11.5 Å². The summed E-state index contributed by atoms with van der Waals surface area (Å²) in [7, 11) is 1.92. The minimum absolute atomic E-state index is 0.0357. The Morgan fingerprint density at radius 3 is 2.76 bits per heavy atom. The van der Waals surface area contributed by atoms with Gasteiger partial charge in [0.1, 0.15) is 0 Å². The second-order valence-electron chi connectivity index (χ2n) is 4.10. The van der Waals surface area contributed by atoms with Crippen molar-refractivity contribution in [3.63, 3.8) is 0 Å². The average Bonchev–Trinajstić information content (AvgIpc) is 2.25. The summed E-state index contributed by atoms with van der Waals surface area (Å²) >= 11 is 5.91. The van der Waals surface area contributed by atoms with Gasteiger partial charge in [0.15, 0.2) is 0 Å². The summed E-state index contributed by atoms with van der Waals surface area (Å²) in [5.74, 6) is -0.335. The van der Waals surface area contributed by atoms with Crippen molar-refractivity contribution < 1.29 is 4.79 Å². The highest BCUT2D eigenvalue weighted by Gasteiger charge is 2.15. The zero-order valence-corrected chi connectivity index (χ0v) is 10.7. The van der Waals surface area contributed by atoms with E-state index in [1.54, 1.807) is 0 Å². The van der Waals surface area contributed by atoms with Crippen LogP contribution in [0.1, 0.15) is 12.0 Å². The molecule has 5 heteroatoms. The Labute approximate surface area is 107 Å². The summed E-state index contributed by atoms with van der Waals surface area (Å²) < 4.78 is 0. The van der Waals surface area contributed by atoms with Crippen LogP contribution in [0, 0.1) is 0 Å². The molecule has 1 atom stereocenters. The molecule has 1 aromatic rings. The number of benzene rings is 1. The van der Waals surface area contributed by atoms with E-state index in [2.05, 4.69) is 0 Å². The van der Waals surface area contributed by atoms with Gasteiger partial charge in [-0.3, -0.25) is 9.69 Å². The van der Waals surface area contributed by atoms with Crippen LogP contribution in [0.2, 0.25) is 5.02 Å². The van der Waals surface area contributed by atoms with Gasteiger partial charge in [-0.25, -0.2) is 0 Å². The highest BCUT2D eigenvalue weighted by molar-refractivity contribution is 6.30. The molecule has 1 unspecified atom stereocenters. The quantitative estimate of drug-likeness (QED) is 0.796. The molecule has 4 N–H and O–H groups in total. The number of nitrogens with two attached hydrogens (primary N) is 2. The van der Waals surface area contributed by atoms with Gasteiger partial charge in [-0.1, -0.05) is 23.7 Å². The van der Waals surface area contributed by atoms with Gasteiger partial charge in [0.25, 0.3) is 0 Å². The van der Waals surface area contributed by atoms with Crippen LogP contribution in [0.3, 0.4) is 0 Å². The lowest BCUT2D eigenvalue weighted by Crippen LogP contribution is -2.40. The summed E-state index contributed by atoms with van der Waals surface area (Å²) in [6, 6.07) is 7.58. The molecule has 0 spiro atoms. The van der Waals surface area contributed by atoms with Crippen molar-refractivity contribution in [2.24, 2.45) is 11.5 Å². The molecule has 0 aliphatic carbocycles. The highest BCUT2D eigenvalue weighted by Crippen LogP contribution is 2.13. The van der Waals surface area contributed by atoms with E-state index in [4.69, 9.17) is 23.1 Å². The van der Waals surface area contributed by atoms with Gasteiger partial charge in [0.2, 0.25) is 5.91 Å². The number of nitrogens with zero attached hydrogens (tertiary/aromatic N) is 1. The SMILES string of the molecule is CN(Cc1cccc(Cl)c1)C(CN)CC(N)=O. The third-order valence-electron chi connectivity index (χ3n) is 2.65. The minimum atomic E-state index is -0.335. The molecule has 94 valence electrons. The van der Waals surface area contributed by atoms with E-state index in [0.717, 1.165) is 5.56 Å². The second-order valence-corrected chi connectivity index (χ2v) is 4.54. The van der Waals surface area contributed by atoms with Crippen molar-refractivity contribution in [1.82, 2.24) is 4.90 Å². The van der Waals surface area contributed by atoms with E-state index >= 15 is 0 Å². The van der Waals surface area contributed by atoms with E-state index < -0.39 is 0 Å². The Kier molecular flexibility index (Phi) is 5.41. The fourth-order valence-corrected chi connectivity index (χ4v) is 1.92. The molecule has 0 aromatic heterocycles. The lowest BCUT2D eigenvalue weighted by atomic mass is 10.1. The maximum atomic E-state index is 10.9. The lowest BCUT2D eigenvalue weighted by Gasteiger charge is -2.26. The van der Waals surface area contributed by atoms with E-state index in [0.29, 0.717) is 18.1 Å². The number of halogens is 1. The molecule has 17 heavy (non-hydrogen) atoms. The first-order valence-corrected chi connectivity index (χ1v) is 5.83. The summed E-state index contributed by atoms with van der Waals surface area (Å²) in [6.45, 7) is 1.09. The molecule has 4 nitrogen and oxygen atoms in total. The maximum absolute atomic E-state index is 10.9. The molecule has 0 radical (unpaired) electrons. The Morgan fingerprint density at radius 1 is 1.53 bits per heavy atom. The fraction of sp³-hybridized carbons (Fsp3) is 0.417. The summed E-state index contributed by atoms with van der Waals surface area (Å²) in [5, 5.41) is 0.704. The van der Waals surface area contributed by atoms with Gasteiger partial charge in [0, 0.05) is 30.6 Å². The molecular weight excluding hydrogens is 238 g/mol. The molecule has 1 amide bonds. The molecule has 1 rings (SSSR count). The number of hydrogen-bond donors (Lipinski definition) is 2. The zero-order valence-electron chi connectivity index (χ0n) is 9.90. The van der Waals surface area contributed by atoms with Gasteiger partial charge in [0.05, 0.1) is 0 Å². The fourth-order valence-electron chi connectivity index (χ4n) is 1.70. The summed E-state index contributed by atoms with van der Waals surface area (Å²) in [5.41, 5.74) is 11.9. The van der Waals surface area contributed by atoms with Crippen LogP contribution in [-0.4, -0.2) is 30.4 Å². The number of primary amides is 1. The van der Waals surface area contributed by atoms with Crippen molar-refractivity contribution in [3.8, 4) is 0 Å². The van der Waals surface area contributed by atoms with Crippen LogP contribution in [-0.2, 0) is 11.3 Å². The van der Waals surface area contributed by atoms with E-state index in [-0.39, 0.29) is 18.4 Å². The van der Waals surface area contributed by atoms with Crippen molar-refractivity contribution >= 4 is 17.5 Å². The Hall–Kier alpha value is -1.10. The van der Waals surface area contributed by atoms with Crippen LogP contribution in [0.15, 0.2) is 24.3 Å². The number of amides is 1. The molecule has 0 saturated heterocycles. The minimum Gasteiger partial charge on any atom is -0.370 e. The molecule has 0 aliphatic heterocycles. The zero-order chi connectivity index (χ0) is 12.8. The molecular formula is C12H18ClN3O. The van der Waals surface area contributed by atoms with Crippen LogP contribution in [0.25, 0.3) is 0 Å². The van der Waals surface area contributed by atoms with Crippen LogP contribution >= 0.6 is 11.6 Å². The Morgan fingerprint density at radius 2 is 2.24 bits per heavy atom. The smallest absolute Gasteiger partial charge is 0.219 e. The Bertz CT molecular complexity index is 384. The normalized spacial score (nSPS) is 12.7. The molecule has 0 bridgehead atoms. The second kappa shape index (κ2) is 6.59. The van der Waals surface area contributed by atoms with Crippen molar-refractivity contribution in [3.05, 3.63) is 34.9 Å². The topological polar surface area (TPSA) is 72.3 Å². The number of rotatable bonds is 6. The summed E-state index contributed by atoms with van der Waals surface area (Å²) in [4.78, 5) is 12.9. The van der Waals surface area contributed by atoms with Crippen LogP contribution in [0.4, 0.5) is 0 Å². The van der Waals surface area contributed by atoms with E-state index in [1.807, 2.05) is 36.2 Å². The maximum Gasteiger partial charge on any atom is 0.219 e. The van der Waals surface area contributed by atoms with Gasteiger partial charge in [-0.05, 0) is 24.7 Å². The van der Waals surface area contributed by atoms with Gasteiger partial charge in [-0.2, -0.15) is 0 Å². The monoisotopic (exact) mass is 255 g/mol. The van der Waals surface area contributed by atoms with Crippen molar-refractivity contribution in [2.75, 3.05) is 13.6 Å². The third kappa shape index (κ3) is 4.73. The standard InChI is InChI=1S/C12H18ClN3O/c1-16(11(7-14)6-12(15)17)8-9-3-2-4-10(13)5-9/h2-5,11H,6-8,14H2,1H3,(H2,15,17). The third-order valence-corrected chi connectivity index (χ3v) is 2.89. The number of carbonyl (C=O) groups excluding carboxylic acids is 1. The molecule has 0 saturated carbocycles. The van der Waals surface area contributed by atoms with E-state index in [9.17, 15) is 4.79 Å². The lowest BCUT2D eigenvalue weighted by molar-refractivity contribution is -0.119. The number of carbonyl (C=O) groups is 1. The van der Waals surface area contributed by atoms with Crippen molar-refractivity contribution in [2.45, 2.75) is 19.0 Å². The Balaban J connectivity index is 2.63. The number of hydrogen-bond acceptors (Lipinski definition) is 3. The predicted octanol–water partition coefficient (Wildman–Crippen LogP) is 0.975. The van der Waals surface area contributed by atoms with Gasteiger partial charge >= 0.3 is 0 Å². The van der Waals surface area contributed by atoms with Crippen molar-refractivity contribution in [1.29, 1.82) is 0 Å². The van der Waals surface area contributed by atoms with E-state index in [1.165, 1.54) is 0 Å². The first kappa shape index (κ1) is 14.0. The summed E-state index contributed by atoms with van der Waals surface area (Å²) in [6.07, 6.45) is 0.271. The predicted molar refractivity (Wildman–Crippen MR) is 69.6 cm³/mol. The first-order chi connectivity index (χ1) is 8.02. The highest BCUT2D eigenvalue weighted by atomic mass is 35.5.